The van der Waals surface area contributed by atoms with E-state index in [0.29, 0.717) is 24.3 Å². The Hall–Kier alpha value is -5.15. The number of benzene rings is 3. The van der Waals surface area contributed by atoms with E-state index in [-0.39, 0.29) is 74.7 Å². The molecule has 1 unspecified atom stereocenters. The maximum absolute atomic E-state index is 15.8. The number of rotatable bonds is 22. The van der Waals surface area contributed by atoms with Gasteiger partial charge in [0.25, 0.3) is 0 Å². The number of fused-ring (bicyclic) bond motifs is 1. The summed E-state index contributed by atoms with van der Waals surface area (Å²) in [5.41, 5.74) is 7.89. The van der Waals surface area contributed by atoms with Gasteiger partial charge in [-0.05, 0) is 59.8 Å². The Morgan fingerprint density at radius 2 is 1.55 bits per heavy atom. The van der Waals surface area contributed by atoms with E-state index < -0.39 is 53.3 Å². The molecule has 1 saturated carbocycles. The predicted octanol–water partition coefficient (Wildman–Crippen LogP) is 4.88. The van der Waals surface area contributed by atoms with E-state index in [1.54, 1.807) is 6.07 Å². The highest BCUT2D eigenvalue weighted by atomic mass is 16.5. The van der Waals surface area contributed by atoms with Gasteiger partial charge in [0.15, 0.2) is 0 Å². The van der Waals surface area contributed by atoms with Gasteiger partial charge in [-0.15, -0.1) is 0 Å². The van der Waals surface area contributed by atoms with Crippen molar-refractivity contribution in [3.8, 4) is 5.75 Å². The van der Waals surface area contributed by atoms with Crippen LogP contribution in [0.2, 0.25) is 0 Å². The quantitative estimate of drug-likeness (QED) is 0.0861. The first-order valence-electron chi connectivity index (χ1n) is 22.7. The molecule has 350 valence electrons. The molecular formula is C50H71N5O9. The first kappa shape index (κ1) is 51.5. The Morgan fingerprint density at radius 3 is 2.17 bits per heavy atom. The number of esters is 1. The minimum Gasteiger partial charge on any atom is -0.493 e. The first-order valence-corrected chi connectivity index (χ1v) is 22.7. The number of carbonyl (C=O) groups is 5. The summed E-state index contributed by atoms with van der Waals surface area (Å²) in [6.07, 6.45) is 4.14. The molecule has 4 amide bonds. The molecule has 0 bridgehead atoms. The van der Waals surface area contributed by atoms with Gasteiger partial charge in [0, 0.05) is 25.6 Å². The van der Waals surface area contributed by atoms with Crippen LogP contribution >= 0.6 is 0 Å². The third-order valence-corrected chi connectivity index (χ3v) is 12.1. The predicted molar refractivity (Wildman–Crippen MR) is 246 cm³/mol. The van der Waals surface area contributed by atoms with E-state index in [2.05, 4.69) is 16.0 Å². The SMILES string of the molecule is CC(=O)N(C(=O)[C@@H](N)Cc1ccccc1)[C@](CC(C)C)(C(=O)N[C@@H](CC1CCCCC1)[C@@H](O)CC(=O)NCC(C)C)C1COc2ccc(CNCC(=O)OCc3ccccc3)cc21.O. The van der Waals surface area contributed by atoms with Gasteiger partial charge in [-0.3, -0.25) is 28.9 Å². The van der Waals surface area contributed by atoms with Crippen molar-refractivity contribution in [2.75, 3.05) is 19.7 Å². The van der Waals surface area contributed by atoms with Crippen LogP contribution in [-0.4, -0.2) is 88.5 Å². The molecule has 0 saturated heterocycles. The van der Waals surface area contributed by atoms with Crippen molar-refractivity contribution in [1.82, 2.24) is 20.9 Å². The summed E-state index contributed by atoms with van der Waals surface area (Å²) in [4.78, 5) is 71.7. The summed E-state index contributed by atoms with van der Waals surface area (Å²) in [5.74, 6) is -2.92. The normalized spacial score (nSPS) is 17.2. The number of carbonyl (C=O) groups excluding carboxylic acids is 5. The van der Waals surface area contributed by atoms with E-state index in [9.17, 15) is 24.3 Å². The zero-order valence-corrected chi connectivity index (χ0v) is 38.3. The second kappa shape index (κ2) is 24.8. The average Bonchev–Trinajstić information content (AvgIpc) is 3.69. The number of nitrogens with zero attached hydrogens (tertiary/aromatic N) is 1. The lowest BCUT2D eigenvalue weighted by Crippen LogP contribution is -2.69. The van der Waals surface area contributed by atoms with E-state index in [4.69, 9.17) is 15.2 Å². The fraction of sp³-hybridized carbons (Fsp3) is 0.540. The van der Waals surface area contributed by atoms with Gasteiger partial charge in [0.2, 0.25) is 23.6 Å². The number of ether oxygens (including phenoxy) is 2. The van der Waals surface area contributed by atoms with E-state index >= 15 is 4.79 Å². The van der Waals surface area contributed by atoms with Crippen LogP contribution in [0.4, 0.5) is 0 Å². The topological polar surface area (TPSA) is 221 Å². The molecule has 2 aliphatic rings. The van der Waals surface area contributed by atoms with E-state index in [0.717, 1.165) is 53.7 Å². The van der Waals surface area contributed by atoms with Gasteiger partial charge in [-0.1, -0.05) is 133 Å². The molecule has 5 rings (SSSR count). The van der Waals surface area contributed by atoms with Crippen LogP contribution in [0, 0.1) is 17.8 Å². The summed E-state index contributed by atoms with van der Waals surface area (Å²) < 4.78 is 11.7. The van der Waals surface area contributed by atoms with Crippen molar-refractivity contribution in [1.29, 1.82) is 0 Å². The van der Waals surface area contributed by atoms with E-state index in [1.165, 1.54) is 6.92 Å². The van der Waals surface area contributed by atoms with Crippen molar-refractivity contribution >= 4 is 29.6 Å². The molecule has 0 spiro atoms. The minimum atomic E-state index is -1.88. The Balaban J connectivity index is 0.00000898. The molecule has 5 atom stereocenters. The lowest BCUT2D eigenvalue weighted by Gasteiger charge is -2.47. The lowest BCUT2D eigenvalue weighted by molar-refractivity contribution is -0.162. The highest BCUT2D eigenvalue weighted by molar-refractivity contribution is 6.04. The van der Waals surface area contributed by atoms with Crippen molar-refractivity contribution in [3.63, 3.8) is 0 Å². The summed E-state index contributed by atoms with van der Waals surface area (Å²) in [6.45, 7) is 9.89. The Bertz CT molecular complexity index is 1970. The maximum Gasteiger partial charge on any atom is 0.320 e. The van der Waals surface area contributed by atoms with Gasteiger partial charge in [0.05, 0.1) is 43.7 Å². The van der Waals surface area contributed by atoms with Crippen molar-refractivity contribution in [3.05, 3.63) is 101 Å². The van der Waals surface area contributed by atoms with Crippen molar-refractivity contribution in [2.45, 2.75) is 135 Å². The monoisotopic (exact) mass is 886 g/mol. The first-order chi connectivity index (χ1) is 30.2. The molecule has 1 aliphatic heterocycles. The number of amides is 4. The molecule has 1 heterocycles. The smallest absolute Gasteiger partial charge is 0.320 e. The second-order valence-electron chi connectivity index (χ2n) is 18.3. The van der Waals surface area contributed by atoms with Gasteiger partial charge in [0.1, 0.15) is 17.9 Å². The van der Waals surface area contributed by atoms with Crippen LogP contribution in [0.5, 0.6) is 5.75 Å². The molecule has 1 fully saturated rings. The molecule has 0 radical (unpaired) electrons. The van der Waals surface area contributed by atoms with Crippen LogP contribution in [0.15, 0.2) is 78.9 Å². The molecule has 14 nitrogen and oxygen atoms in total. The lowest BCUT2D eigenvalue weighted by atomic mass is 9.72. The number of nitrogens with one attached hydrogen (secondary N) is 3. The maximum atomic E-state index is 15.8. The number of aliphatic hydroxyl groups is 1. The van der Waals surface area contributed by atoms with Gasteiger partial charge in [-0.2, -0.15) is 0 Å². The van der Waals surface area contributed by atoms with Gasteiger partial charge < -0.3 is 41.7 Å². The van der Waals surface area contributed by atoms with Crippen LogP contribution in [0.1, 0.15) is 114 Å². The van der Waals surface area contributed by atoms with Crippen LogP contribution in [0.3, 0.4) is 0 Å². The summed E-state index contributed by atoms with van der Waals surface area (Å²) in [7, 11) is 0. The Labute approximate surface area is 378 Å². The number of aliphatic hydroxyl groups excluding tert-OH is 1. The number of hydrogen-bond donors (Lipinski definition) is 5. The average molecular weight is 886 g/mol. The van der Waals surface area contributed by atoms with Crippen LogP contribution in [-0.2, 0) is 48.3 Å². The molecular weight excluding hydrogens is 815 g/mol. The Morgan fingerprint density at radius 1 is 0.891 bits per heavy atom. The molecule has 14 heteroatoms. The fourth-order valence-corrected chi connectivity index (χ4v) is 9.10. The zero-order chi connectivity index (χ0) is 45.5. The molecule has 0 aromatic heterocycles. The highest BCUT2D eigenvalue weighted by Gasteiger charge is 2.58. The largest absolute Gasteiger partial charge is 0.493 e. The molecule has 3 aromatic carbocycles. The molecule has 1 aliphatic carbocycles. The van der Waals surface area contributed by atoms with Crippen molar-refractivity contribution < 1.29 is 44.0 Å². The van der Waals surface area contributed by atoms with Crippen LogP contribution in [0.25, 0.3) is 0 Å². The van der Waals surface area contributed by atoms with Crippen molar-refractivity contribution in [2.24, 2.45) is 23.5 Å². The third kappa shape index (κ3) is 14.2. The highest BCUT2D eigenvalue weighted by Crippen LogP contribution is 2.47. The third-order valence-electron chi connectivity index (χ3n) is 12.1. The number of hydrogen-bond acceptors (Lipinski definition) is 10. The van der Waals surface area contributed by atoms with E-state index in [1.807, 2.05) is 100 Å². The number of imide groups is 1. The zero-order valence-electron chi connectivity index (χ0n) is 38.3. The summed E-state index contributed by atoms with van der Waals surface area (Å²) >= 11 is 0. The fourth-order valence-electron chi connectivity index (χ4n) is 9.10. The van der Waals surface area contributed by atoms with Gasteiger partial charge >= 0.3 is 5.97 Å². The Kier molecular flexibility index (Phi) is 19.9. The summed E-state index contributed by atoms with van der Waals surface area (Å²) in [5, 5.41) is 21.1. The van der Waals surface area contributed by atoms with Crippen LogP contribution < -0.4 is 26.4 Å². The number of nitrogens with two attached hydrogens (primary N) is 1. The molecule has 64 heavy (non-hydrogen) atoms. The molecule has 8 N–H and O–H groups in total. The van der Waals surface area contributed by atoms with Gasteiger partial charge in [-0.25, -0.2) is 0 Å². The standard InChI is InChI=1S/C50H69N5O8.H2O/c1-33(2)27-50(55(35(5)56)48(60)42(51)24-36-15-9-6-10-16-36,49(61)54-43(25-37-17-11-7-12-18-37)44(57)26-46(58)53-28-34(3)4)41-32-62-45-22-21-39(23-40(41)45)29-52-30-47(59)63-31-38-19-13-8-14-20-38;/h6,8-10,13-16,19-23,33-34,37,41-44,52,57H,7,11-12,17-18,24-32,51H2,1-5H3,(H,53,58)(H,54,61);1H2/t41?,42-,43-,44-,50-;/m0./s1. The molecule has 3 aromatic rings. The minimum absolute atomic E-state index is 0. The summed E-state index contributed by atoms with van der Waals surface area (Å²) in [6, 6.07) is 22.2. The second-order valence-corrected chi connectivity index (χ2v) is 18.3.